The third kappa shape index (κ3) is 3.16. The summed E-state index contributed by atoms with van der Waals surface area (Å²) in [6.07, 6.45) is 0. The minimum Gasteiger partial charge on any atom is -0.399 e. The highest BCUT2D eigenvalue weighted by molar-refractivity contribution is 5.94. The summed E-state index contributed by atoms with van der Waals surface area (Å²) in [5, 5.41) is 12.1. The molecule has 104 valence electrons. The fourth-order valence-corrected chi connectivity index (χ4v) is 2.03. The number of ketones is 1. The second kappa shape index (κ2) is 6.21. The Morgan fingerprint density at radius 3 is 2.50 bits per heavy atom. The molecule has 0 atom stereocenters. The van der Waals surface area contributed by atoms with Crippen LogP contribution in [0.4, 0.5) is 11.4 Å². The topological polar surface area (TPSA) is 75.4 Å². The molecular formula is C16H18N2O2. The van der Waals surface area contributed by atoms with Gasteiger partial charge in [-0.15, -0.1) is 0 Å². The largest absolute Gasteiger partial charge is 0.399 e. The van der Waals surface area contributed by atoms with Crippen LogP contribution in [0.25, 0.3) is 11.1 Å². The van der Waals surface area contributed by atoms with E-state index in [4.69, 9.17) is 10.8 Å². The molecule has 2 aromatic rings. The van der Waals surface area contributed by atoms with Gasteiger partial charge < -0.3 is 16.2 Å². The van der Waals surface area contributed by atoms with E-state index in [0.29, 0.717) is 17.8 Å². The maximum Gasteiger partial charge on any atom is 0.159 e. The number of carbonyl (C=O) groups excluding carboxylic acids is 1. The summed E-state index contributed by atoms with van der Waals surface area (Å²) in [6.45, 7) is 2.08. The second-order valence-corrected chi connectivity index (χ2v) is 4.59. The van der Waals surface area contributed by atoms with Gasteiger partial charge in [0.15, 0.2) is 5.78 Å². The monoisotopic (exact) mass is 270 g/mol. The molecule has 0 aliphatic carbocycles. The maximum atomic E-state index is 11.3. The number of benzene rings is 2. The van der Waals surface area contributed by atoms with E-state index in [1.165, 1.54) is 0 Å². The number of nitrogens with one attached hydrogen (secondary N) is 1. The molecule has 4 heteroatoms. The van der Waals surface area contributed by atoms with Crippen molar-refractivity contribution in [1.82, 2.24) is 0 Å². The van der Waals surface area contributed by atoms with Crippen LogP contribution in [-0.2, 0) is 0 Å². The number of hydrogen-bond acceptors (Lipinski definition) is 4. The Bertz CT molecular complexity index is 606. The zero-order chi connectivity index (χ0) is 14.5. The Labute approximate surface area is 118 Å². The number of Topliss-reactive ketones (excluding diaryl/α,β-unsaturated/α-hetero) is 1. The number of aliphatic hydroxyl groups is 1. The van der Waals surface area contributed by atoms with Crippen molar-refractivity contribution in [2.75, 3.05) is 24.2 Å². The third-order valence-corrected chi connectivity index (χ3v) is 3.07. The highest BCUT2D eigenvalue weighted by atomic mass is 16.3. The summed E-state index contributed by atoms with van der Waals surface area (Å²) in [7, 11) is 0. The zero-order valence-electron chi connectivity index (χ0n) is 11.4. The van der Waals surface area contributed by atoms with Crippen molar-refractivity contribution in [2.45, 2.75) is 6.92 Å². The fraction of sp³-hybridized carbons (Fsp3) is 0.188. The Balaban J connectivity index is 2.39. The summed E-state index contributed by atoms with van der Waals surface area (Å²) < 4.78 is 0. The lowest BCUT2D eigenvalue weighted by Gasteiger charge is -2.12. The van der Waals surface area contributed by atoms with Gasteiger partial charge in [0.2, 0.25) is 0 Å². The van der Waals surface area contributed by atoms with Crippen LogP contribution < -0.4 is 11.1 Å². The Kier molecular flexibility index (Phi) is 4.38. The molecule has 20 heavy (non-hydrogen) atoms. The molecule has 2 rings (SSSR count). The Hall–Kier alpha value is -2.33. The first-order chi connectivity index (χ1) is 9.61. The molecule has 0 aromatic heterocycles. The van der Waals surface area contributed by atoms with Crippen LogP contribution in [0.5, 0.6) is 0 Å². The van der Waals surface area contributed by atoms with Crippen molar-refractivity contribution in [2.24, 2.45) is 0 Å². The number of hydrogen-bond donors (Lipinski definition) is 3. The molecule has 0 saturated heterocycles. The van der Waals surface area contributed by atoms with Crippen molar-refractivity contribution >= 4 is 17.2 Å². The van der Waals surface area contributed by atoms with Gasteiger partial charge in [-0.2, -0.15) is 0 Å². The smallest absolute Gasteiger partial charge is 0.159 e. The van der Waals surface area contributed by atoms with E-state index in [1.807, 2.05) is 30.3 Å². The van der Waals surface area contributed by atoms with Gasteiger partial charge in [0.25, 0.3) is 0 Å². The van der Waals surface area contributed by atoms with Gasteiger partial charge in [-0.25, -0.2) is 0 Å². The van der Waals surface area contributed by atoms with Gasteiger partial charge in [0.05, 0.1) is 6.61 Å². The van der Waals surface area contributed by atoms with Gasteiger partial charge >= 0.3 is 0 Å². The quantitative estimate of drug-likeness (QED) is 0.576. The van der Waals surface area contributed by atoms with Crippen molar-refractivity contribution in [3.63, 3.8) is 0 Å². The predicted molar refractivity (Wildman–Crippen MR) is 81.9 cm³/mol. The summed E-state index contributed by atoms with van der Waals surface area (Å²) >= 11 is 0. The molecule has 0 unspecified atom stereocenters. The minimum absolute atomic E-state index is 0.0442. The van der Waals surface area contributed by atoms with Crippen LogP contribution in [0.15, 0.2) is 42.5 Å². The van der Waals surface area contributed by atoms with E-state index in [-0.39, 0.29) is 12.4 Å². The lowest BCUT2D eigenvalue weighted by Crippen LogP contribution is -2.06. The van der Waals surface area contributed by atoms with Crippen LogP contribution >= 0.6 is 0 Å². The van der Waals surface area contributed by atoms with Gasteiger partial charge in [-0.1, -0.05) is 24.3 Å². The van der Waals surface area contributed by atoms with E-state index in [0.717, 1.165) is 16.8 Å². The first-order valence-electron chi connectivity index (χ1n) is 6.47. The number of nitrogens with two attached hydrogens (primary N) is 1. The standard InChI is InChI=1S/C16H18N2O2/c1-11(20)12-2-4-13(5-3-12)15-10-14(17)6-7-16(15)18-8-9-19/h2-7,10,18-19H,8-9,17H2,1H3. The molecule has 0 saturated carbocycles. The van der Waals surface area contributed by atoms with Crippen LogP contribution in [0.2, 0.25) is 0 Å². The SMILES string of the molecule is CC(=O)c1ccc(-c2cc(N)ccc2NCCO)cc1. The molecule has 0 radical (unpaired) electrons. The average Bonchev–Trinajstić information content (AvgIpc) is 2.46. The highest BCUT2D eigenvalue weighted by Crippen LogP contribution is 2.30. The molecule has 0 aliphatic heterocycles. The molecule has 4 nitrogen and oxygen atoms in total. The van der Waals surface area contributed by atoms with Crippen molar-refractivity contribution < 1.29 is 9.90 Å². The fourth-order valence-electron chi connectivity index (χ4n) is 2.03. The van der Waals surface area contributed by atoms with Crippen molar-refractivity contribution in [1.29, 1.82) is 0 Å². The first kappa shape index (κ1) is 14.1. The van der Waals surface area contributed by atoms with Crippen LogP contribution in [0.3, 0.4) is 0 Å². The zero-order valence-corrected chi connectivity index (χ0v) is 11.4. The summed E-state index contributed by atoms with van der Waals surface area (Å²) in [4.78, 5) is 11.3. The number of carbonyl (C=O) groups is 1. The number of anilines is 2. The van der Waals surface area contributed by atoms with Crippen LogP contribution in [-0.4, -0.2) is 24.0 Å². The van der Waals surface area contributed by atoms with Gasteiger partial charge in [0, 0.05) is 29.0 Å². The molecule has 2 aromatic carbocycles. The molecule has 0 heterocycles. The van der Waals surface area contributed by atoms with E-state index >= 15 is 0 Å². The Morgan fingerprint density at radius 2 is 1.90 bits per heavy atom. The van der Waals surface area contributed by atoms with Crippen molar-refractivity contribution in [3.8, 4) is 11.1 Å². The molecule has 0 fully saturated rings. The maximum absolute atomic E-state index is 11.3. The van der Waals surface area contributed by atoms with E-state index < -0.39 is 0 Å². The summed E-state index contributed by atoms with van der Waals surface area (Å²) in [5.41, 5.74) is 10.0. The summed E-state index contributed by atoms with van der Waals surface area (Å²) in [6, 6.07) is 13.0. The average molecular weight is 270 g/mol. The van der Waals surface area contributed by atoms with Crippen molar-refractivity contribution in [3.05, 3.63) is 48.0 Å². The van der Waals surface area contributed by atoms with Gasteiger partial charge in [-0.05, 0) is 30.7 Å². The lowest BCUT2D eigenvalue weighted by atomic mass is 10.0. The molecule has 0 amide bonds. The van der Waals surface area contributed by atoms with Crippen LogP contribution in [0.1, 0.15) is 17.3 Å². The molecule has 4 N–H and O–H groups in total. The normalized spacial score (nSPS) is 10.3. The number of aliphatic hydroxyl groups excluding tert-OH is 1. The van der Waals surface area contributed by atoms with Gasteiger partial charge in [0.1, 0.15) is 0 Å². The molecular weight excluding hydrogens is 252 g/mol. The first-order valence-corrected chi connectivity index (χ1v) is 6.47. The highest BCUT2D eigenvalue weighted by Gasteiger charge is 2.07. The number of nitrogen functional groups attached to an aromatic ring is 1. The number of rotatable bonds is 5. The third-order valence-electron chi connectivity index (χ3n) is 3.07. The van der Waals surface area contributed by atoms with Crippen LogP contribution in [0, 0.1) is 0 Å². The van der Waals surface area contributed by atoms with E-state index in [2.05, 4.69) is 5.32 Å². The lowest BCUT2D eigenvalue weighted by molar-refractivity contribution is 0.101. The van der Waals surface area contributed by atoms with E-state index in [1.54, 1.807) is 19.1 Å². The molecule has 0 spiro atoms. The van der Waals surface area contributed by atoms with E-state index in [9.17, 15) is 4.79 Å². The molecule has 0 aliphatic rings. The minimum atomic E-state index is 0.0442. The second-order valence-electron chi connectivity index (χ2n) is 4.59. The molecule has 0 bridgehead atoms. The Morgan fingerprint density at radius 1 is 1.20 bits per heavy atom. The summed E-state index contributed by atoms with van der Waals surface area (Å²) in [5.74, 6) is 0.0442. The predicted octanol–water partition coefficient (Wildman–Crippen LogP) is 2.54. The van der Waals surface area contributed by atoms with Gasteiger partial charge in [-0.3, -0.25) is 4.79 Å².